The van der Waals surface area contributed by atoms with Crippen LogP contribution in [0.5, 0.6) is 5.75 Å². The van der Waals surface area contributed by atoms with E-state index in [2.05, 4.69) is 4.72 Å². The highest BCUT2D eigenvalue weighted by molar-refractivity contribution is 7.89. The van der Waals surface area contributed by atoms with Crippen molar-refractivity contribution in [3.8, 4) is 5.75 Å². The normalized spacial score (nSPS) is 13.3. The van der Waals surface area contributed by atoms with Gasteiger partial charge in [0.15, 0.2) is 0 Å². The maximum atomic E-state index is 12.2. The number of sulfonamides is 1. The summed E-state index contributed by atoms with van der Waals surface area (Å²) in [6.07, 6.45) is 0.725. The lowest BCUT2D eigenvalue weighted by atomic mass is 10.2. The van der Waals surface area contributed by atoms with Crippen LogP contribution in [-0.2, 0) is 10.0 Å². The summed E-state index contributed by atoms with van der Waals surface area (Å²) in [4.78, 5) is 0.196. The molecular formula is C13H20ClNO3S. The third kappa shape index (κ3) is 4.09. The molecule has 0 aliphatic rings. The van der Waals surface area contributed by atoms with Crippen LogP contribution in [0, 0.1) is 6.92 Å². The van der Waals surface area contributed by atoms with Crippen molar-refractivity contribution in [3.05, 3.63) is 22.7 Å². The topological polar surface area (TPSA) is 55.4 Å². The molecule has 0 radical (unpaired) electrons. The summed E-state index contributed by atoms with van der Waals surface area (Å²) in [5.41, 5.74) is 0.614. The lowest BCUT2D eigenvalue weighted by Crippen LogP contribution is -2.32. The Morgan fingerprint density at radius 2 is 2.00 bits per heavy atom. The third-order valence-electron chi connectivity index (χ3n) is 2.79. The van der Waals surface area contributed by atoms with Gasteiger partial charge in [-0.1, -0.05) is 18.5 Å². The maximum Gasteiger partial charge on any atom is 0.241 e. The summed E-state index contributed by atoms with van der Waals surface area (Å²) in [5.74, 6) is 0.504. The summed E-state index contributed by atoms with van der Waals surface area (Å²) in [6, 6.07) is 2.97. The molecule has 6 heteroatoms. The first-order valence-electron chi connectivity index (χ1n) is 6.27. The Balaban J connectivity index is 3.17. The van der Waals surface area contributed by atoms with Gasteiger partial charge in [0.25, 0.3) is 0 Å². The molecule has 1 aromatic carbocycles. The maximum absolute atomic E-state index is 12.2. The van der Waals surface area contributed by atoms with Crippen molar-refractivity contribution < 1.29 is 13.2 Å². The van der Waals surface area contributed by atoms with Crippen molar-refractivity contribution in [2.75, 3.05) is 6.61 Å². The first-order valence-corrected chi connectivity index (χ1v) is 8.13. The zero-order valence-electron chi connectivity index (χ0n) is 11.7. The second-order valence-corrected chi connectivity index (χ2v) is 6.50. The SMILES string of the molecule is CCOc1cc(C)c(S(=O)(=O)NC(C)CC)cc1Cl. The second kappa shape index (κ2) is 6.59. The average molecular weight is 306 g/mol. The number of aryl methyl sites for hydroxylation is 1. The van der Waals surface area contributed by atoms with Gasteiger partial charge in [-0.3, -0.25) is 0 Å². The van der Waals surface area contributed by atoms with Gasteiger partial charge in [-0.2, -0.15) is 0 Å². The molecule has 0 aliphatic carbocycles. The van der Waals surface area contributed by atoms with E-state index in [1.165, 1.54) is 6.07 Å². The number of halogens is 1. The molecule has 0 fully saturated rings. The summed E-state index contributed by atoms with van der Waals surface area (Å²) >= 11 is 6.04. The predicted molar refractivity (Wildman–Crippen MR) is 77.4 cm³/mol. The van der Waals surface area contributed by atoms with E-state index in [1.54, 1.807) is 13.0 Å². The Morgan fingerprint density at radius 1 is 1.37 bits per heavy atom. The van der Waals surface area contributed by atoms with Crippen LogP contribution in [0.4, 0.5) is 0 Å². The van der Waals surface area contributed by atoms with E-state index in [9.17, 15) is 8.42 Å². The molecule has 0 saturated heterocycles. The molecule has 0 aromatic heterocycles. The molecule has 0 spiro atoms. The Morgan fingerprint density at radius 3 is 2.53 bits per heavy atom. The smallest absolute Gasteiger partial charge is 0.241 e. The monoisotopic (exact) mass is 305 g/mol. The molecule has 4 nitrogen and oxygen atoms in total. The van der Waals surface area contributed by atoms with E-state index in [4.69, 9.17) is 16.3 Å². The van der Waals surface area contributed by atoms with Gasteiger partial charge in [-0.25, -0.2) is 13.1 Å². The summed E-state index contributed by atoms with van der Waals surface area (Å²) < 4.78 is 32.4. The number of nitrogens with one attached hydrogen (secondary N) is 1. The fourth-order valence-electron chi connectivity index (χ4n) is 1.60. The number of hydrogen-bond acceptors (Lipinski definition) is 3. The van der Waals surface area contributed by atoms with Crippen LogP contribution in [-0.4, -0.2) is 21.1 Å². The fourth-order valence-corrected chi connectivity index (χ4v) is 3.47. The Hall–Kier alpha value is -0.780. The van der Waals surface area contributed by atoms with Gasteiger partial charge in [-0.05, 0) is 44.9 Å². The van der Waals surface area contributed by atoms with Crippen molar-refractivity contribution in [3.63, 3.8) is 0 Å². The zero-order chi connectivity index (χ0) is 14.6. The number of rotatable bonds is 6. The van der Waals surface area contributed by atoms with Gasteiger partial charge in [0.2, 0.25) is 10.0 Å². The number of benzene rings is 1. The predicted octanol–water partition coefficient (Wildman–Crippen LogP) is 3.12. The van der Waals surface area contributed by atoms with Crippen LogP contribution in [0.2, 0.25) is 5.02 Å². The van der Waals surface area contributed by atoms with Crippen molar-refractivity contribution in [2.24, 2.45) is 0 Å². The molecule has 0 aliphatic heterocycles. The summed E-state index contributed by atoms with van der Waals surface area (Å²) in [7, 11) is -3.55. The minimum Gasteiger partial charge on any atom is -0.492 e. The van der Waals surface area contributed by atoms with Crippen molar-refractivity contribution in [1.29, 1.82) is 0 Å². The molecule has 19 heavy (non-hydrogen) atoms. The highest BCUT2D eigenvalue weighted by Gasteiger charge is 2.20. The molecule has 1 N–H and O–H groups in total. The minimum absolute atomic E-state index is 0.116. The standard InChI is InChI=1S/C13H20ClNO3S/c1-5-10(4)15-19(16,17)13-8-11(14)12(18-6-2)7-9(13)3/h7-8,10,15H,5-6H2,1-4H3. The van der Waals surface area contributed by atoms with Crippen molar-refractivity contribution in [1.82, 2.24) is 4.72 Å². The van der Waals surface area contributed by atoms with Gasteiger partial charge < -0.3 is 4.74 Å². The van der Waals surface area contributed by atoms with Gasteiger partial charge in [0, 0.05) is 6.04 Å². The van der Waals surface area contributed by atoms with Gasteiger partial charge in [-0.15, -0.1) is 0 Å². The number of ether oxygens (including phenoxy) is 1. The molecule has 1 unspecified atom stereocenters. The Kier molecular flexibility index (Phi) is 5.64. The van der Waals surface area contributed by atoms with Crippen LogP contribution in [0.25, 0.3) is 0 Å². The molecule has 0 amide bonds. The van der Waals surface area contributed by atoms with E-state index < -0.39 is 10.0 Å². The molecule has 0 saturated carbocycles. The highest BCUT2D eigenvalue weighted by Crippen LogP contribution is 2.30. The lowest BCUT2D eigenvalue weighted by Gasteiger charge is -2.15. The first kappa shape index (κ1) is 16.3. The highest BCUT2D eigenvalue weighted by atomic mass is 35.5. The summed E-state index contributed by atoms with van der Waals surface area (Å²) in [6.45, 7) is 7.80. The molecule has 0 heterocycles. The molecule has 0 bridgehead atoms. The second-order valence-electron chi connectivity index (χ2n) is 4.41. The zero-order valence-corrected chi connectivity index (χ0v) is 13.2. The summed E-state index contributed by atoms with van der Waals surface area (Å²) in [5, 5.41) is 0.303. The third-order valence-corrected chi connectivity index (χ3v) is 4.81. The van der Waals surface area contributed by atoms with Crippen LogP contribution < -0.4 is 9.46 Å². The van der Waals surface area contributed by atoms with Gasteiger partial charge >= 0.3 is 0 Å². The van der Waals surface area contributed by atoms with Crippen molar-refractivity contribution in [2.45, 2.75) is 45.1 Å². The van der Waals surface area contributed by atoms with E-state index in [0.29, 0.717) is 22.9 Å². The van der Waals surface area contributed by atoms with Crippen LogP contribution >= 0.6 is 11.6 Å². The average Bonchev–Trinajstić information content (AvgIpc) is 2.32. The van der Waals surface area contributed by atoms with Crippen LogP contribution in [0.3, 0.4) is 0 Å². The Bertz CT molecular complexity index is 543. The largest absolute Gasteiger partial charge is 0.492 e. The Labute approximate surface area is 120 Å². The fraction of sp³-hybridized carbons (Fsp3) is 0.538. The molecular weight excluding hydrogens is 286 g/mol. The molecule has 1 aromatic rings. The number of hydrogen-bond donors (Lipinski definition) is 1. The van der Waals surface area contributed by atoms with E-state index in [0.717, 1.165) is 6.42 Å². The van der Waals surface area contributed by atoms with Crippen molar-refractivity contribution >= 4 is 21.6 Å². The lowest BCUT2D eigenvalue weighted by molar-refractivity contribution is 0.340. The quantitative estimate of drug-likeness (QED) is 0.878. The van der Waals surface area contributed by atoms with E-state index >= 15 is 0 Å². The van der Waals surface area contributed by atoms with Gasteiger partial charge in [0.05, 0.1) is 16.5 Å². The van der Waals surface area contributed by atoms with Gasteiger partial charge in [0.1, 0.15) is 5.75 Å². The van der Waals surface area contributed by atoms with E-state index in [1.807, 2.05) is 20.8 Å². The van der Waals surface area contributed by atoms with Crippen LogP contribution in [0.1, 0.15) is 32.8 Å². The molecule has 1 rings (SSSR count). The van der Waals surface area contributed by atoms with E-state index in [-0.39, 0.29) is 10.9 Å². The minimum atomic E-state index is -3.55. The first-order chi connectivity index (χ1) is 8.81. The molecule has 108 valence electrons. The molecule has 1 atom stereocenters. The van der Waals surface area contributed by atoms with Crippen LogP contribution in [0.15, 0.2) is 17.0 Å².